The molecule has 0 radical (unpaired) electrons. The minimum atomic E-state index is -0.534. The number of nitrogens with zero attached hydrogens (tertiary/aromatic N) is 4. The van der Waals surface area contributed by atoms with E-state index in [9.17, 15) is 4.79 Å². The summed E-state index contributed by atoms with van der Waals surface area (Å²) < 4.78 is 15.1. The molecule has 0 atom stereocenters. The van der Waals surface area contributed by atoms with Gasteiger partial charge in [-0.25, -0.2) is 14.5 Å². The molecule has 158 valence electrons. The molecule has 2 aromatic heterocycles. The number of fused-ring (bicyclic) bond motifs is 4. The van der Waals surface area contributed by atoms with Gasteiger partial charge in [0.1, 0.15) is 36.3 Å². The number of rotatable bonds is 4. The number of amides is 1. The summed E-state index contributed by atoms with van der Waals surface area (Å²) in [4.78, 5) is 17.1. The lowest BCUT2D eigenvalue weighted by molar-refractivity contribution is 0.155. The lowest BCUT2D eigenvalue weighted by atomic mass is 10.0. The first kappa shape index (κ1) is 19.2. The van der Waals surface area contributed by atoms with Crippen LogP contribution in [0, 0.1) is 6.92 Å². The number of benzene rings is 2. The van der Waals surface area contributed by atoms with Crippen molar-refractivity contribution in [3.63, 3.8) is 0 Å². The number of nitrogens with one attached hydrogen (secondary N) is 1. The van der Waals surface area contributed by atoms with Crippen molar-refractivity contribution in [3.8, 4) is 17.0 Å². The van der Waals surface area contributed by atoms with Crippen molar-refractivity contribution in [2.45, 2.75) is 33.6 Å². The van der Waals surface area contributed by atoms with Gasteiger partial charge in [-0.05, 0) is 43.7 Å². The van der Waals surface area contributed by atoms with E-state index < -0.39 is 6.09 Å². The molecular weight excluding hydrogens is 394 g/mol. The second-order valence-corrected chi connectivity index (χ2v) is 7.52. The summed E-state index contributed by atoms with van der Waals surface area (Å²) in [6.07, 6.45) is -0.534. The van der Waals surface area contributed by atoms with Crippen LogP contribution in [-0.2, 0) is 31.5 Å². The highest BCUT2D eigenvalue weighted by molar-refractivity contribution is 5.87. The number of carbonyl (C=O) groups is 1. The minimum Gasteiger partial charge on any atom is -0.488 e. The van der Waals surface area contributed by atoms with E-state index in [-0.39, 0.29) is 6.61 Å². The van der Waals surface area contributed by atoms with E-state index in [1.807, 2.05) is 67.9 Å². The Labute approximate surface area is 179 Å². The van der Waals surface area contributed by atoms with Gasteiger partial charge in [0.15, 0.2) is 0 Å². The second kappa shape index (κ2) is 7.46. The first-order valence-corrected chi connectivity index (χ1v) is 10.2. The zero-order valence-corrected chi connectivity index (χ0v) is 17.7. The van der Waals surface area contributed by atoms with Crippen molar-refractivity contribution in [1.29, 1.82) is 0 Å². The van der Waals surface area contributed by atoms with Gasteiger partial charge in [0, 0.05) is 19.2 Å². The molecular formula is C23H23N5O3. The fourth-order valence-corrected chi connectivity index (χ4v) is 3.90. The van der Waals surface area contributed by atoms with Crippen LogP contribution in [0.2, 0.25) is 0 Å². The van der Waals surface area contributed by atoms with E-state index in [1.54, 1.807) is 4.68 Å². The maximum atomic E-state index is 12.6. The van der Waals surface area contributed by atoms with Gasteiger partial charge in [0.25, 0.3) is 0 Å². The summed E-state index contributed by atoms with van der Waals surface area (Å²) in [6, 6.07) is 13.6. The van der Waals surface area contributed by atoms with E-state index in [4.69, 9.17) is 9.47 Å². The van der Waals surface area contributed by atoms with Crippen molar-refractivity contribution in [2.75, 3.05) is 5.32 Å². The molecule has 5 rings (SSSR count). The summed E-state index contributed by atoms with van der Waals surface area (Å²) >= 11 is 0. The lowest BCUT2D eigenvalue weighted by Crippen LogP contribution is -2.18. The Balaban J connectivity index is 1.34. The monoisotopic (exact) mass is 417 g/mol. The molecule has 0 fully saturated rings. The highest BCUT2D eigenvalue weighted by Crippen LogP contribution is 2.39. The third-order valence-corrected chi connectivity index (χ3v) is 5.62. The molecule has 0 unspecified atom stereocenters. The third kappa shape index (κ3) is 3.30. The molecule has 2 aromatic carbocycles. The number of aromatic nitrogens is 4. The van der Waals surface area contributed by atoms with E-state index >= 15 is 0 Å². The standard InChI is InChI=1S/C23H23N5O3/c1-4-28-22(17-13-30-20-8-6-5-7-16(20)21(17)26-28)25-23(29)31-12-15-9-10-19-18(11-15)24-14(2)27(19)3/h5-11H,4,12-13H2,1-3H3,(H,25,29). The van der Waals surface area contributed by atoms with Gasteiger partial charge < -0.3 is 14.0 Å². The molecule has 8 heteroatoms. The zero-order chi connectivity index (χ0) is 21.5. The van der Waals surface area contributed by atoms with Gasteiger partial charge in [-0.1, -0.05) is 18.2 Å². The fourth-order valence-electron chi connectivity index (χ4n) is 3.90. The van der Waals surface area contributed by atoms with Crippen LogP contribution in [0.1, 0.15) is 23.9 Å². The number of aryl methyl sites for hydroxylation is 3. The number of anilines is 1. The van der Waals surface area contributed by atoms with E-state index in [0.717, 1.165) is 45.0 Å². The van der Waals surface area contributed by atoms with Gasteiger partial charge in [-0.2, -0.15) is 5.10 Å². The Morgan fingerprint density at radius 1 is 1.26 bits per heavy atom. The highest BCUT2D eigenvalue weighted by Gasteiger charge is 2.26. The molecule has 0 saturated heterocycles. The van der Waals surface area contributed by atoms with Gasteiger partial charge in [0.05, 0.1) is 16.6 Å². The Morgan fingerprint density at radius 3 is 2.94 bits per heavy atom. The van der Waals surface area contributed by atoms with Crippen LogP contribution >= 0.6 is 0 Å². The van der Waals surface area contributed by atoms with Crippen LogP contribution in [-0.4, -0.2) is 25.4 Å². The molecule has 1 aliphatic heterocycles. The van der Waals surface area contributed by atoms with Crippen molar-refractivity contribution in [1.82, 2.24) is 19.3 Å². The summed E-state index contributed by atoms with van der Waals surface area (Å²) in [6.45, 7) is 5.05. The number of hydrogen-bond acceptors (Lipinski definition) is 5. The van der Waals surface area contributed by atoms with E-state index in [1.165, 1.54) is 0 Å². The number of ether oxygens (including phenoxy) is 2. The smallest absolute Gasteiger partial charge is 0.413 e. The predicted molar refractivity (Wildman–Crippen MR) is 117 cm³/mol. The first-order valence-electron chi connectivity index (χ1n) is 10.2. The highest BCUT2D eigenvalue weighted by atomic mass is 16.5. The molecule has 3 heterocycles. The van der Waals surface area contributed by atoms with Crippen LogP contribution in [0.3, 0.4) is 0 Å². The Bertz CT molecular complexity index is 1300. The minimum absolute atomic E-state index is 0.152. The van der Waals surface area contributed by atoms with Gasteiger partial charge in [0.2, 0.25) is 0 Å². The van der Waals surface area contributed by atoms with E-state index in [0.29, 0.717) is 19.0 Å². The summed E-state index contributed by atoms with van der Waals surface area (Å²) in [5.74, 6) is 2.34. The predicted octanol–water partition coefficient (Wildman–Crippen LogP) is 4.41. The van der Waals surface area contributed by atoms with Crippen LogP contribution in [0.15, 0.2) is 42.5 Å². The second-order valence-electron chi connectivity index (χ2n) is 7.52. The number of carbonyl (C=O) groups excluding carboxylic acids is 1. The SMILES string of the molecule is CCn1nc2c(c1NC(=O)OCc1ccc3c(c1)nc(C)n3C)COc1ccccc1-2. The molecule has 1 N–H and O–H groups in total. The number of hydrogen-bond donors (Lipinski definition) is 1. The van der Waals surface area contributed by atoms with Crippen molar-refractivity contribution >= 4 is 22.9 Å². The molecule has 0 bridgehead atoms. The van der Waals surface area contributed by atoms with Gasteiger partial charge in [-0.3, -0.25) is 5.32 Å². The van der Waals surface area contributed by atoms with Crippen molar-refractivity contribution in [2.24, 2.45) is 7.05 Å². The molecule has 1 amide bonds. The van der Waals surface area contributed by atoms with Crippen molar-refractivity contribution < 1.29 is 14.3 Å². The molecule has 8 nitrogen and oxygen atoms in total. The molecule has 0 saturated carbocycles. The topological polar surface area (TPSA) is 83.2 Å². The maximum Gasteiger partial charge on any atom is 0.413 e. The molecule has 1 aliphatic rings. The number of para-hydroxylation sites is 1. The van der Waals surface area contributed by atoms with Crippen LogP contribution in [0.25, 0.3) is 22.3 Å². The van der Waals surface area contributed by atoms with E-state index in [2.05, 4.69) is 15.4 Å². The Kier molecular flexibility index (Phi) is 4.62. The largest absolute Gasteiger partial charge is 0.488 e. The normalized spacial score (nSPS) is 12.2. The van der Waals surface area contributed by atoms with Crippen LogP contribution in [0.4, 0.5) is 10.6 Å². The first-order chi connectivity index (χ1) is 15.0. The average Bonchev–Trinajstić information content (AvgIpc) is 3.28. The Morgan fingerprint density at radius 2 is 2.10 bits per heavy atom. The maximum absolute atomic E-state index is 12.6. The van der Waals surface area contributed by atoms with Crippen LogP contribution < -0.4 is 10.1 Å². The lowest BCUT2D eigenvalue weighted by Gasteiger charge is -2.17. The molecule has 31 heavy (non-hydrogen) atoms. The molecule has 0 spiro atoms. The quantitative estimate of drug-likeness (QED) is 0.532. The summed E-state index contributed by atoms with van der Waals surface area (Å²) in [7, 11) is 1.98. The summed E-state index contributed by atoms with van der Waals surface area (Å²) in [5, 5.41) is 7.54. The average molecular weight is 417 g/mol. The number of imidazole rings is 1. The van der Waals surface area contributed by atoms with Crippen molar-refractivity contribution in [3.05, 3.63) is 59.4 Å². The molecule has 4 aromatic rings. The van der Waals surface area contributed by atoms with Gasteiger partial charge >= 0.3 is 6.09 Å². The summed E-state index contributed by atoms with van der Waals surface area (Å²) in [5.41, 5.74) is 5.41. The fraction of sp³-hybridized carbons (Fsp3) is 0.261. The third-order valence-electron chi connectivity index (χ3n) is 5.62. The van der Waals surface area contributed by atoms with Crippen LogP contribution in [0.5, 0.6) is 5.75 Å². The molecule has 0 aliphatic carbocycles. The Hall–Kier alpha value is -3.81. The zero-order valence-electron chi connectivity index (χ0n) is 17.7. The van der Waals surface area contributed by atoms with Gasteiger partial charge in [-0.15, -0.1) is 0 Å².